The second-order valence-electron chi connectivity index (χ2n) is 13.7. The molecule has 6 atom stereocenters. The summed E-state index contributed by atoms with van der Waals surface area (Å²) >= 11 is 0. The number of benzene rings is 2. The Hall–Kier alpha value is -4.90. The Morgan fingerprint density at radius 3 is 1.46 bits per heavy atom. The van der Waals surface area contributed by atoms with Crippen LogP contribution in [0, 0.1) is 27.7 Å². The van der Waals surface area contributed by atoms with E-state index in [4.69, 9.17) is 36.6 Å². The van der Waals surface area contributed by atoms with Crippen LogP contribution in [0.15, 0.2) is 80.1 Å². The molecule has 3 unspecified atom stereocenters. The Morgan fingerprint density at radius 1 is 0.643 bits per heavy atom. The molecule has 6 heterocycles. The summed E-state index contributed by atoms with van der Waals surface area (Å²) in [5.41, 5.74) is 2.11. The predicted molar refractivity (Wildman–Crippen MR) is 198 cm³/mol. The molecule has 4 aromatic rings. The molecular weight excluding hydrogens is 774 g/mol. The van der Waals surface area contributed by atoms with E-state index in [1.54, 1.807) is 38.2 Å². The molecule has 2 N–H and O–H groups in total. The van der Waals surface area contributed by atoms with Crippen molar-refractivity contribution in [1.29, 1.82) is 0 Å². The van der Waals surface area contributed by atoms with Gasteiger partial charge in [-0.05, 0) is 75.2 Å². The van der Waals surface area contributed by atoms with Crippen molar-refractivity contribution in [2.75, 3.05) is 13.2 Å². The third kappa shape index (κ3) is 7.50. The molecule has 0 bridgehead atoms. The normalized spacial score (nSPS) is 26.4. The van der Waals surface area contributed by atoms with Gasteiger partial charge in [0.15, 0.2) is 12.5 Å². The first-order chi connectivity index (χ1) is 26.7. The Labute approximate surface area is 317 Å². The van der Waals surface area contributed by atoms with Crippen molar-refractivity contribution >= 4 is 15.6 Å². The van der Waals surface area contributed by atoms with Crippen LogP contribution >= 0.6 is 15.6 Å². The van der Waals surface area contributed by atoms with Crippen molar-refractivity contribution < 1.29 is 45.7 Å². The predicted octanol–water partition coefficient (Wildman–Crippen LogP) is 4.66. The number of hydrogen-bond donors (Lipinski definition) is 2. The Kier molecular flexibility index (Phi) is 9.87. The molecule has 0 fully saturated rings. The van der Waals surface area contributed by atoms with Crippen molar-refractivity contribution in [1.82, 2.24) is 19.1 Å². The van der Waals surface area contributed by atoms with Crippen LogP contribution < -0.4 is 31.5 Å². The van der Waals surface area contributed by atoms with Crippen LogP contribution in [-0.4, -0.2) is 44.5 Å². The van der Waals surface area contributed by atoms with E-state index in [1.807, 2.05) is 38.1 Å². The summed E-state index contributed by atoms with van der Waals surface area (Å²) in [4.78, 5) is 52.8. The summed E-state index contributed by atoms with van der Waals surface area (Å²) < 4.78 is 76.8. The highest BCUT2D eigenvalue weighted by molar-refractivity contribution is 7.49. The summed E-state index contributed by atoms with van der Waals surface area (Å²) in [7, 11) is -8.47. The number of fused-ring (bicyclic) bond motifs is 2. The largest absolute Gasteiger partial charge is 0.530 e. The second-order valence-corrected chi connectivity index (χ2v) is 16.9. The van der Waals surface area contributed by atoms with Gasteiger partial charge < -0.3 is 18.5 Å². The van der Waals surface area contributed by atoms with E-state index in [-0.39, 0.29) is 37.9 Å². The number of ether oxygens (including phenoxy) is 2. The number of phosphoric ester groups is 2. The van der Waals surface area contributed by atoms with Crippen molar-refractivity contribution in [3.63, 3.8) is 0 Å². The Morgan fingerprint density at radius 2 is 1.05 bits per heavy atom. The lowest BCUT2D eigenvalue weighted by Crippen LogP contribution is -2.33. The molecule has 2 aromatic carbocycles. The smallest absolute Gasteiger partial charge is 0.403 e. The van der Waals surface area contributed by atoms with Crippen LogP contribution in [0.2, 0.25) is 0 Å². The summed E-state index contributed by atoms with van der Waals surface area (Å²) in [6, 6.07) is 7.27. The Bertz CT molecular complexity index is 2480. The van der Waals surface area contributed by atoms with Crippen molar-refractivity contribution in [3.8, 4) is 22.6 Å². The monoisotopic (exact) mass is 810 g/mol. The van der Waals surface area contributed by atoms with Gasteiger partial charge in [-0.25, -0.2) is 18.7 Å². The molecular formula is C36H36N4O14P2. The van der Waals surface area contributed by atoms with Gasteiger partial charge in [0, 0.05) is 45.8 Å². The number of nitrogens with one attached hydrogen (secondary N) is 2. The fraction of sp³-hybridized carbons (Fsp3) is 0.333. The van der Waals surface area contributed by atoms with Gasteiger partial charge in [-0.15, -0.1) is 0 Å². The van der Waals surface area contributed by atoms with E-state index >= 15 is 0 Å². The first-order valence-corrected chi connectivity index (χ1v) is 20.3. The molecule has 0 aliphatic carbocycles. The van der Waals surface area contributed by atoms with Gasteiger partial charge in [0.05, 0.1) is 26.4 Å². The van der Waals surface area contributed by atoms with Crippen LogP contribution in [0.25, 0.3) is 11.1 Å². The highest BCUT2D eigenvalue weighted by Gasteiger charge is 2.41. The van der Waals surface area contributed by atoms with E-state index in [1.165, 1.54) is 21.5 Å². The number of aryl methyl sites for hydroxylation is 4. The topological polar surface area (TPSA) is 218 Å². The SMILES string of the molecule is Cc1cc2c(c(-c3cc(C)cc4c3OP(=O)(OC[C@@H]3C=CC(n5cc(C)c(=O)[nH]c5=O)O3)OC4)c1)OP(=O)(OC[C@H]1C=C[C@@H](n3cc(C)c(=O)[nH]c3=O)O1)OC2. The molecule has 8 rings (SSSR count). The van der Waals surface area contributed by atoms with E-state index in [0.29, 0.717) is 33.4 Å². The number of H-pyrrole nitrogens is 2. The standard InChI is InChI=1S/C36H36N4O14P2/c1-19-9-23-15-47-55(45,49-17-25-5-7-29(51-25)39-13-21(3)33(41)37-35(39)43)53-31(23)27(11-19)28-12-20(2)10-24-16-48-56(46,54-32(24)28)50-18-26-6-8-30(52-26)40-14-22(4)34(42)38-36(40)44/h5-14,25-26,29-30H,15-18H2,1-4H3,(H,37,41,43)(H,38,42,44)/t25-,26+,29+,30?,55?,56?/m1/s1. The summed E-state index contributed by atoms with van der Waals surface area (Å²) in [5.74, 6) is 0.422. The molecule has 0 saturated carbocycles. The zero-order chi connectivity index (χ0) is 39.5. The molecule has 0 amide bonds. The van der Waals surface area contributed by atoms with Gasteiger partial charge in [-0.3, -0.25) is 46.8 Å². The maximum atomic E-state index is 13.9. The molecule has 2 aromatic heterocycles. The van der Waals surface area contributed by atoms with E-state index < -0.39 is 62.8 Å². The maximum Gasteiger partial charge on any atom is 0.530 e. The van der Waals surface area contributed by atoms with Gasteiger partial charge in [0.1, 0.15) is 23.7 Å². The van der Waals surface area contributed by atoms with Gasteiger partial charge in [0.2, 0.25) is 0 Å². The van der Waals surface area contributed by atoms with Crippen molar-refractivity contribution in [3.05, 3.63) is 136 Å². The lowest BCUT2D eigenvalue weighted by Gasteiger charge is -2.30. The second kappa shape index (κ2) is 14.6. The van der Waals surface area contributed by atoms with E-state index in [0.717, 1.165) is 11.1 Å². The quantitative estimate of drug-likeness (QED) is 0.174. The van der Waals surface area contributed by atoms with Gasteiger partial charge >= 0.3 is 27.0 Å². The number of aromatic amines is 2. The molecule has 4 aliphatic rings. The molecule has 294 valence electrons. The fourth-order valence-electron chi connectivity index (χ4n) is 6.59. The summed E-state index contributed by atoms with van der Waals surface area (Å²) in [6.45, 7) is 6.14. The molecule has 0 saturated heterocycles. The fourth-order valence-corrected chi connectivity index (χ4v) is 9.08. The van der Waals surface area contributed by atoms with Gasteiger partial charge in [0.25, 0.3) is 11.1 Å². The third-order valence-electron chi connectivity index (χ3n) is 9.32. The summed E-state index contributed by atoms with van der Waals surface area (Å²) in [5, 5.41) is 0. The lowest BCUT2D eigenvalue weighted by molar-refractivity contribution is -0.0130. The number of hydrogen-bond acceptors (Lipinski definition) is 14. The molecule has 56 heavy (non-hydrogen) atoms. The molecule has 0 spiro atoms. The van der Waals surface area contributed by atoms with E-state index in [9.17, 15) is 28.3 Å². The highest BCUT2D eigenvalue weighted by Crippen LogP contribution is 2.61. The maximum absolute atomic E-state index is 13.9. The summed E-state index contributed by atoms with van der Waals surface area (Å²) in [6.07, 6.45) is 6.16. The minimum atomic E-state index is -4.24. The number of rotatable bonds is 9. The number of aromatic nitrogens is 4. The molecule has 4 aliphatic heterocycles. The van der Waals surface area contributed by atoms with Crippen molar-refractivity contribution in [2.45, 2.75) is 65.6 Å². The first-order valence-electron chi connectivity index (χ1n) is 17.4. The van der Waals surface area contributed by atoms with Crippen LogP contribution in [0.3, 0.4) is 0 Å². The average molecular weight is 811 g/mol. The molecule has 0 radical (unpaired) electrons. The van der Waals surface area contributed by atoms with Crippen molar-refractivity contribution in [2.24, 2.45) is 0 Å². The van der Waals surface area contributed by atoms with Crippen LogP contribution in [0.1, 0.15) is 45.8 Å². The highest BCUT2D eigenvalue weighted by atomic mass is 31.2. The number of phosphoric acid groups is 2. The van der Waals surface area contributed by atoms with Crippen LogP contribution in [-0.2, 0) is 49.9 Å². The average Bonchev–Trinajstić information content (AvgIpc) is 3.83. The zero-order valence-corrected chi connectivity index (χ0v) is 32.2. The molecule has 20 heteroatoms. The van der Waals surface area contributed by atoms with Gasteiger partial charge in [-0.2, -0.15) is 0 Å². The Balaban J connectivity index is 0.983. The zero-order valence-electron chi connectivity index (χ0n) is 30.4. The number of nitrogens with zero attached hydrogens (tertiary/aromatic N) is 2. The molecule has 18 nitrogen and oxygen atoms in total. The first kappa shape index (κ1) is 38.0. The lowest BCUT2D eigenvalue weighted by atomic mass is 9.95. The van der Waals surface area contributed by atoms with Crippen LogP contribution in [0.5, 0.6) is 11.5 Å². The van der Waals surface area contributed by atoms with Gasteiger partial charge in [-0.1, -0.05) is 12.2 Å². The third-order valence-corrected chi connectivity index (χ3v) is 11.9. The van der Waals surface area contributed by atoms with E-state index in [2.05, 4.69) is 9.97 Å². The minimum absolute atomic E-state index is 0.114. The minimum Gasteiger partial charge on any atom is -0.403 e. The van der Waals surface area contributed by atoms with Crippen LogP contribution in [0.4, 0.5) is 0 Å².